The number of fused-ring (bicyclic) bond motifs is 1. The van der Waals surface area contributed by atoms with Crippen LogP contribution in [0.15, 0.2) is 28.9 Å². The van der Waals surface area contributed by atoms with Crippen LogP contribution in [0.3, 0.4) is 0 Å². The molecule has 0 aromatic carbocycles. The van der Waals surface area contributed by atoms with Crippen LogP contribution in [0.2, 0.25) is 0 Å². The van der Waals surface area contributed by atoms with Crippen LogP contribution in [-0.2, 0) is 27.3 Å². The van der Waals surface area contributed by atoms with Gasteiger partial charge >= 0.3 is 0 Å². The van der Waals surface area contributed by atoms with Gasteiger partial charge in [-0.3, -0.25) is 14.6 Å². The molecule has 0 unspecified atom stereocenters. The second-order valence-corrected chi connectivity index (χ2v) is 7.61. The van der Waals surface area contributed by atoms with Crippen LogP contribution in [0, 0.1) is 6.92 Å². The van der Waals surface area contributed by atoms with E-state index < -0.39 is 6.10 Å². The number of aryl methyl sites for hydroxylation is 1. The van der Waals surface area contributed by atoms with Gasteiger partial charge in [0.1, 0.15) is 12.5 Å². The van der Waals surface area contributed by atoms with Crippen molar-refractivity contribution in [1.82, 2.24) is 24.9 Å². The molecule has 2 aromatic rings. The van der Waals surface area contributed by atoms with Gasteiger partial charge in [0.05, 0.1) is 24.4 Å². The van der Waals surface area contributed by atoms with Crippen molar-refractivity contribution in [2.24, 2.45) is 0 Å². The molecule has 2 fully saturated rings. The van der Waals surface area contributed by atoms with E-state index in [0.717, 1.165) is 18.5 Å². The normalized spacial score (nSPS) is 23.7. The summed E-state index contributed by atoms with van der Waals surface area (Å²) < 4.78 is 11.2. The van der Waals surface area contributed by atoms with Crippen molar-refractivity contribution in [3.8, 4) is 0 Å². The van der Waals surface area contributed by atoms with E-state index in [0.29, 0.717) is 31.2 Å². The lowest BCUT2D eigenvalue weighted by Crippen LogP contribution is -2.49. The monoisotopic (exact) mass is 399 g/mol. The minimum absolute atomic E-state index is 0.00309. The van der Waals surface area contributed by atoms with E-state index >= 15 is 0 Å². The fourth-order valence-electron chi connectivity index (χ4n) is 4.12. The minimum atomic E-state index is -0.474. The van der Waals surface area contributed by atoms with Crippen LogP contribution in [-0.4, -0.2) is 68.6 Å². The first-order chi connectivity index (χ1) is 14.0. The van der Waals surface area contributed by atoms with Crippen molar-refractivity contribution < 1.29 is 18.8 Å². The molecule has 2 saturated heterocycles. The summed E-state index contributed by atoms with van der Waals surface area (Å²) in [6, 6.07) is 5.65. The zero-order valence-electron chi connectivity index (χ0n) is 16.7. The first-order valence-corrected chi connectivity index (χ1v) is 9.90. The molecule has 0 saturated carbocycles. The summed E-state index contributed by atoms with van der Waals surface area (Å²) in [6.45, 7) is 2.79. The largest absolute Gasteiger partial charge is 0.363 e. The molecule has 0 aliphatic carbocycles. The fraction of sp³-hybridized carbons (Fsp3) is 0.550. The molecule has 2 aliphatic rings. The number of aromatic nitrogens is 3. The fourth-order valence-corrected chi connectivity index (χ4v) is 4.12. The summed E-state index contributed by atoms with van der Waals surface area (Å²) in [6.07, 6.45) is 3.29. The number of carbonyl (C=O) groups is 2. The number of amides is 2. The van der Waals surface area contributed by atoms with Crippen molar-refractivity contribution in [1.29, 1.82) is 0 Å². The number of rotatable bonds is 5. The van der Waals surface area contributed by atoms with E-state index in [4.69, 9.17) is 9.26 Å². The van der Waals surface area contributed by atoms with Gasteiger partial charge in [-0.1, -0.05) is 11.2 Å². The van der Waals surface area contributed by atoms with Gasteiger partial charge in [0, 0.05) is 19.8 Å². The van der Waals surface area contributed by atoms with Crippen LogP contribution in [0.25, 0.3) is 0 Å². The quantitative estimate of drug-likeness (QED) is 0.742. The van der Waals surface area contributed by atoms with Crippen molar-refractivity contribution in [2.75, 3.05) is 13.6 Å². The number of likely N-dealkylation sites (tertiary alicyclic amines) is 1. The predicted octanol–water partition coefficient (Wildman–Crippen LogP) is 1.12. The Hall–Kier alpha value is -2.81. The Kier molecular flexibility index (Phi) is 5.57. The lowest BCUT2D eigenvalue weighted by atomic mass is 9.98. The Bertz CT molecular complexity index is 871. The number of ether oxygens (including phenoxy) is 1. The molecule has 0 spiro atoms. The van der Waals surface area contributed by atoms with E-state index in [-0.39, 0.29) is 30.4 Å². The number of hydrogen-bond donors (Lipinski definition) is 0. The smallest absolute Gasteiger partial charge is 0.251 e. The highest BCUT2D eigenvalue weighted by atomic mass is 16.5. The molecule has 3 atom stereocenters. The number of pyridine rings is 1. The zero-order valence-corrected chi connectivity index (χ0v) is 16.7. The summed E-state index contributed by atoms with van der Waals surface area (Å²) in [4.78, 5) is 37.3. The molecular weight excluding hydrogens is 374 g/mol. The maximum Gasteiger partial charge on any atom is 0.251 e. The van der Waals surface area contributed by atoms with Gasteiger partial charge in [-0.25, -0.2) is 0 Å². The summed E-state index contributed by atoms with van der Waals surface area (Å²) in [5.41, 5.74) is 0.839. The molecule has 9 heteroatoms. The van der Waals surface area contributed by atoms with Gasteiger partial charge in [0.25, 0.3) is 5.91 Å². The summed E-state index contributed by atoms with van der Waals surface area (Å²) >= 11 is 0. The van der Waals surface area contributed by atoms with Gasteiger partial charge in [0.2, 0.25) is 11.8 Å². The lowest BCUT2D eigenvalue weighted by Gasteiger charge is -2.36. The lowest BCUT2D eigenvalue weighted by molar-refractivity contribution is -0.155. The van der Waals surface area contributed by atoms with E-state index in [1.54, 1.807) is 25.1 Å². The number of nitrogens with zero attached hydrogens (tertiary/aromatic N) is 5. The number of carbonyl (C=O) groups excluding carboxylic acids is 2. The van der Waals surface area contributed by atoms with Crippen molar-refractivity contribution >= 4 is 11.8 Å². The molecule has 0 radical (unpaired) electrons. The van der Waals surface area contributed by atoms with Gasteiger partial charge in [0.15, 0.2) is 5.82 Å². The highest BCUT2D eigenvalue weighted by Gasteiger charge is 2.44. The SMILES string of the molecule is Cc1noc(CC(=O)N2CC[C@H]3O[C@H](C(=O)N(C)Cc4ccccn4)CC[C@H]32)n1. The Morgan fingerprint density at radius 1 is 1.28 bits per heavy atom. The molecule has 0 N–H and O–H groups in total. The van der Waals surface area contributed by atoms with Gasteiger partial charge in [-0.05, 0) is 38.3 Å². The molecular formula is C20H25N5O4. The standard InChI is InChI=1S/C20H25N5O4/c1-13-22-18(29-23-13)11-19(26)25-10-8-16-15(25)6-7-17(28-16)20(27)24(2)12-14-5-3-4-9-21-14/h3-5,9,15-17H,6-8,10-12H2,1-2H3/t15-,16-,17+/m1/s1. The Morgan fingerprint density at radius 3 is 2.86 bits per heavy atom. The molecule has 2 amide bonds. The first-order valence-electron chi connectivity index (χ1n) is 9.90. The molecule has 4 heterocycles. The second-order valence-electron chi connectivity index (χ2n) is 7.61. The van der Waals surface area contributed by atoms with E-state index in [1.165, 1.54) is 0 Å². The second kappa shape index (κ2) is 8.28. The van der Waals surface area contributed by atoms with Gasteiger partial charge in [-0.2, -0.15) is 4.98 Å². The minimum Gasteiger partial charge on any atom is -0.363 e. The highest BCUT2D eigenvalue weighted by Crippen LogP contribution is 2.32. The topological polar surface area (TPSA) is 102 Å². The van der Waals surface area contributed by atoms with Gasteiger partial charge < -0.3 is 19.1 Å². The molecule has 2 aliphatic heterocycles. The third-order valence-corrected chi connectivity index (χ3v) is 5.52. The van der Waals surface area contributed by atoms with Crippen LogP contribution < -0.4 is 0 Å². The average Bonchev–Trinajstić information content (AvgIpc) is 3.33. The van der Waals surface area contributed by atoms with Crippen LogP contribution in [0.5, 0.6) is 0 Å². The third-order valence-electron chi connectivity index (χ3n) is 5.52. The van der Waals surface area contributed by atoms with Crippen LogP contribution >= 0.6 is 0 Å². The molecule has 29 heavy (non-hydrogen) atoms. The van der Waals surface area contributed by atoms with Gasteiger partial charge in [-0.15, -0.1) is 0 Å². The Morgan fingerprint density at radius 2 is 2.14 bits per heavy atom. The summed E-state index contributed by atoms with van der Waals surface area (Å²) in [5.74, 6) is 0.767. The predicted molar refractivity (Wildman–Crippen MR) is 101 cm³/mol. The van der Waals surface area contributed by atoms with E-state index in [1.807, 2.05) is 23.1 Å². The molecule has 2 aromatic heterocycles. The molecule has 4 rings (SSSR count). The van der Waals surface area contributed by atoms with E-state index in [9.17, 15) is 9.59 Å². The third kappa shape index (κ3) is 4.29. The first kappa shape index (κ1) is 19.5. The van der Waals surface area contributed by atoms with Crippen LogP contribution in [0.4, 0.5) is 0 Å². The summed E-state index contributed by atoms with van der Waals surface area (Å²) in [7, 11) is 1.77. The Balaban J connectivity index is 1.32. The van der Waals surface area contributed by atoms with Crippen LogP contribution in [0.1, 0.15) is 36.7 Å². The molecule has 154 valence electrons. The number of hydrogen-bond acceptors (Lipinski definition) is 7. The maximum atomic E-state index is 12.8. The maximum absolute atomic E-state index is 12.8. The molecule has 0 bridgehead atoms. The van der Waals surface area contributed by atoms with Crippen molar-refractivity contribution in [3.05, 3.63) is 41.8 Å². The zero-order chi connectivity index (χ0) is 20.4. The van der Waals surface area contributed by atoms with Crippen molar-refractivity contribution in [3.63, 3.8) is 0 Å². The molecule has 9 nitrogen and oxygen atoms in total. The Labute approximate surface area is 169 Å². The number of likely N-dealkylation sites (N-methyl/N-ethyl adjacent to an activating group) is 1. The highest BCUT2D eigenvalue weighted by molar-refractivity contribution is 5.81. The van der Waals surface area contributed by atoms with Crippen molar-refractivity contribution in [2.45, 2.75) is 57.4 Å². The summed E-state index contributed by atoms with van der Waals surface area (Å²) in [5, 5.41) is 3.73. The average molecular weight is 399 g/mol. The van der Waals surface area contributed by atoms with E-state index in [2.05, 4.69) is 15.1 Å².